The van der Waals surface area contributed by atoms with Crippen molar-refractivity contribution < 1.29 is 0 Å². The minimum absolute atomic E-state index is 0.182. The molecule has 0 spiro atoms. The average molecular weight is 340 g/mol. The van der Waals surface area contributed by atoms with Crippen LogP contribution < -0.4 is 16.6 Å². The first kappa shape index (κ1) is 14.8. The van der Waals surface area contributed by atoms with Crippen LogP contribution in [0.15, 0.2) is 17.2 Å². The molecule has 0 saturated heterocycles. The molecule has 1 aliphatic carbocycles. The number of H-pyrrole nitrogens is 1. The summed E-state index contributed by atoms with van der Waals surface area (Å²) in [6, 6.07) is 1.56. The minimum Gasteiger partial charge on any atom is -0.385 e. The standard InChI is InChI=1S/C16H16N6OS/c17-6-8-5-10(15(23)22-13(8)18)21-14-12-9-3-1-2-4-11(9)24-16(12)20-7-19-14/h5-7,17H,1-4H2,(H3,18,22,23)(H,19,20,21). The molecule has 5 N–H and O–H groups in total. The fourth-order valence-electron chi connectivity index (χ4n) is 3.09. The van der Waals surface area contributed by atoms with E-state index in [1.165, 1.54) is 23.2 Å². The molecule has 3 aromatic heterocycles. The molecule has 0 bridgehead atoms. The molecule has 4 rings (SSSR count). The van der Waals surface area contributed by atoms with Gasteiger partial charge in [-0.15, -0.1) is 11.3 Å². The molecule has 0 fully saturated rings. The van der Waals surface area contributed by atoms with Gasteiger partial charge in [-0.2, -0.15) is 0 Å². The molecule has 0 saturated carbocycles. The molecule has 0 amide bonds. The molecule has 8 heteroatoms. The maximum atomic E-state index is 12.2. The Morgan fingerprint density at radius 1 is 1.33 bits per heavy atom. The molecule has 7 nitrogen and oxygen atoms in total. The zero-order valence-corrected chi connectivity index (χ0v) is 13.7. The maximum Gasteiger partial charge on any atom is 0.273 e. The van der Waals surface area contributed by atoms with Crippen LogP contribution in [-0.4, -0.2) is 21.2 Å². The van der Waals surface area contributed by atoms with Crippen LogP contribution in [0.4, 0.5) is 17.3 Å². The van der Waals surface area contributed by atoms with E-state index in [1.807, 2.05) is 0 Å². The van der Waals surface area contributed by atoms with Crippen molar-refractivity contribution in [2.75, 3.05) is 11.1 Å². The first-order valence-corrected chi connectivity index (χ1v) is 8.54. The van der Waals surface area contributed by atoms with E-state index in [-0.39, 0.29) is 11.4 Å². The maximum absolute atomic E-state index is 12.2. The van der Waals surface area contributed by atoms with Gasteiger partial charge < -0.3 is 21.4 Å². The Morgan fingerprint density at radius 3 is 3.00 bits per heavy atom. The summed E-state index contributed by atoms with van der Waals surface area (Å²) < 4.78 is 0. The van der Waals surface area contributed by atoms with E-state index in [9.17, 15) is 4.79 Å². The number of aromatic nitrogens is 3. The number of pyridine rings is 1. The molecule has 0 aliphatic heterocycles. The van der Waals surface area contributed by atoms with Crippen LogP contribution in [0.3, 0.4) is 0 Å². The molecule has 3 heterocycles. The summed E-state index contributed by atoms with van der Waals surface area (Å²) in [5.74, 6) is 0.812. The van der Waals surface area contributed by atoms with Gasteiger partial charge in [0.1, 0.15) is 28.5 Å². The van der Waals surface area contributed by atoms with Crippen molar-refractivity contribution in [1.82, 2.24) is 15.0 Å². The fourth-order valence-corrected chi connectivity index (χ4v) is 4.31. The largest absolute Gasteiger partial charge is 0.385 e. The number of rotatable bonds is 3. The lowest BCUT2D eigenvalue weighted by Crippen LogP contribution is -2.15. The summed E-state index contributed by atoms with van der Waals surface area (Å²) in [4.78, 5) is 25.8. The molecular weight excluding hydrogens is 324 g/mol. The molecular formula is C16H16N6OS. The van der Waals surface area contributed by atoms with Crippen molar-refractivity contribution in [1.29, 1.82) is 5.41 Å². The molecule has 0 atom stereocenters. The smallest absolute Gasteiger partial charge is 0.273 e. The Morgan fingerprint density at radius 2 is 2.17 bits per heavy atom. The van der Waals surface area contributed by atoms with Crippen molar-refractivity contribution in [2.24, 2.45) is 0 Å². The van der Waals surface area contributed by atoms with Gasteiger partial charge in [0.15, 0.2) is 0 Å². The van der Waals surface area contributed by atoms with Gasteiger partial charge >= 0.3 is 0 Å². The predicted octanol–water partition coefficient (Wildman–Crippen LogP) is 2.58. The lowest BCUT2D eigenvalue weighted by Gasteiger charge is -2.12. The van der Waals surface area contributed by atoms with Gasteiger partial charge in [0.05, 0.1) is 5.39 Å². The molecule has 0 radical (unpaired) electrons. The zero-order chi connectivity index (χ0) is 16.7. The topological polar surface area (TPSA) is 121 Å². The monoisotopic (exact) mass is 340 g/mol. The number of fused-ring (bicyclic) bond motifs is 3. The highest BCUT2D eigenvalue weighted by atomic mass is 32.1. The van der Waals surface area contributed by atoms with E-state index < -0.39 is 0 Å². The number of thiophene rings is 1. The number of anilines is 3. The summed E-state index contributed by atoms with van der Waals surface area (Å²) in [6.07, 6.45) is 7.08. The van der Waals surface area contributed by atoms with Crippen LogP contribution in [-0.2, 0) is 12.8 Å². The van der Waals surface area contributed by atoms with E-state index in [0.717, 1.165) is 35.7 Å². The summed E-state index contributed by atoms with van der Waals surface area (Å²) in [7, 11) is 0. The van der Waals surface area contributed by atoms with Crippen molar-refractivity contribution >= 4 is 45.1 Å². The highest BCUT2D eigenvalue weighted by Crippen LogP contribution is 2.38. The second-order valence-electron chi connectivity index (χ2n) is 5.76. The van der Waals surface area contributed by atoms with Gasteiger partial charge in [0.25, 0.3) is 5.56 Å². The van der Waals surface area contributed by atoms with Crippen molar-refractivity contribution in [3.63, 3.8) is 0 Å². The lowest BCUT2D eigenvalue weighted by atomic mass is 9.97. The van der Waals surface area contributed by atoms with Crippen molar-refractivity contribution in [3.8, 4) is 0 Å². The molecule has 24 heavy (non-hydrogen) atoms. The quantitative estimate of drug-likeness (QED) is 0.546. The lowest BCUT2D eigenvalue weighted by molar-refractivity contribution is 0.700. The van der Waals surface area contributed by atoms with E-state index in [1.54, 1.807) is 17.4 Å². The third-order valence-corrected chi connectivity index (χ3v) is 5.46. The van der Waals surface area contributed by atoms with Crippen LogP contribution in [0, 0.1) is 5.41 Å². The zero-order valence-electron chi connectivity index (χ0n) is 12.8. The Balaban J connectivity index is 1.85. The van der Waals surface area contributed by atoms with E-state index >= 15 is 0 Å². The molecule has 122 valence electrons. The normalized spacial score (nSPS) is 13.7. The van der Waals surface area contributed by atoms with E-state index in [2.05, 4.69) is 20.3 Å². The van der Waals surface area contributed by atoms with E-state index in [0.29, 0.717) is 17.1 Å². The van der Waals surface area contributed by atoms with Gasteiger partial charge in [-0.3, -0.25) is 4.79 Å². The molecule has 3 aromatic rings. The van der Waals surface area contributed by atoms with Crippen LogP contribution in [0.5, 0.6) is 0 Å². The van der Waals surface area contributed by atoms with Crippen LogP contribution in [0.1, 0.15) is 28.8 Å². The first-order chi connectivity index (χ1) is 11.7. The first-order valence-electron chi connectivity index (χ1n) is 7.73. The number of hydrogen-bond donors (Lipinski definition) is 4. The summed E-state index contributed by atoms with van der Waals surface area (Å²) in [6.45, 7) is 0. The van der Waals surface area contributed by atoms with Gasteiger partial charge in [-0.05, 0) is 37.3 Å². The summed E-state index contributed by atoms with van der Waals surface area (Å²) in [5, 5.41) is 11.5. The SMILES string of the molecule is N=Cc1cc(Nc2ncnc3sc4c(c23)CCCC4)c(=O)[nH]c1N. The number of nitrogen functional groups attached to an aromatic ring is 1. The number of nitrogens with two attached hydrogens (primary N) is 1. The third-order valence-electron chi connectivity index (χ3n) is 4.26. The fraction of sp³-hybridized carbons (Fsp3) is 0.250. The number of nitrogens with one attached hydrogen (secondary N) is 3. The molecule has 0 aromatic carbocycles. The Hall–Kier alpha value is -2.74. The number of aryl methyl sites for hydroxylation is 2. The van der Waals surface area contributed by atoms with Gasteiger partial charge in [-0.25, -0.2) is 9.97 Å². The molecule has 0 unspecified atom stereocenters. The molecule has 1 aliphatic rings. The Kier molecular flexibility index (Phi) is 3.53. The number of hydrogen-bond acceptors (Lipinski definition) is 7. The second kappa shape index (κ2) is 5.72. The third kappa shape index (κ3) is 2.35. The number of aromatic amines is 1. The van der Waals surface area contributed by atoms with Crippen molar-refractivity contribution in [2.45, 2.75) is 25.7 Å². The average Bonchev–Trinajstić information content (AvgIpc) is 2.96. The Bertz CT molecular complexity index is 1010. The van der Waals surface area contributed by atoms with Crippen LogP contribution in [0.2, 0.25) is 0 Å². The van der Waals surface area contributed by atoms with Gasteiger partial charge in [0.2, 0.25) is 0 Å². The summed E-state index contributed by atoms with van der Waals surface area (Å²) >= 11 is 1.71. The van der Waals surface area contributed by atoms with Crippen LogP contribution >= 0.6 is 11.3 Å². The van der Waals surface area contributed by atoms with Gasteiger partial charge in [-0.1, -0.05) is 0 Å². The van der Waals surface area contributed by atoms with Crippen LogP contribution in [0.25, 0.3) is 10.2 Å². The highest BCUT2D eigenvalue weighted by Gasteiger charge is 2.20. The van der Waals surface area contributed by atoms with Crippen molar-refractivity contribution in [3.05, 3.63) is 38.8 Å². The van der Waals surface area contributed by atoms with Gasteiger partial charge in [0, 0.05) is 16.7 Å². The Labute approximate surface area is 141 Å². The number of nitrogens with zero attached hydrogens (tertiary/aromatic N) is 2. The predicted molar refractivity (Wildman–Crippen MR) is 96.7 cm³/mol. The summed E-state index contributed by atoms with van der Waals surface area (Å²) in [5.41, 5.74) is 7.43. The van der Waals surface area contributed by atoms with E-state index in [4.69, 9.17) is 11.1 Å². The highest BCUT2D eigenvalue weighted by molar-refractivity contribution is 7.19. The minimum atomic E-state index is -0.339. The second-order valence-corrected chi connectivity index (χ2v) is 6.85.